The van der Waals surface area contributed by atoms with E-state index < -0.39 is 0 Å². The van der Waals surface area contributed by atoms with Crippen LogP contribution >= 0.6 is 0 Å². The summed E-state index contributed by atoms with van der Waals surface area (Å²) in [5, 5.41) is 3.02. The van der Waals surface area contributed by atoms with Crippen molar-refractivity contribution < 1.29 is 19.0 Å². The van der Waals surface area contributed by atoms with Crippen LogP contribution in [-0.2, 0) is 30.5 Å². The van der Waals surface area contributed by atoms with Crippen LogP contribution < -0.4 is 19.5 Å². The van der Waals surface area contributed by atoms with Gasteiger partial charge in [0.25, 0.3) is 0 Å². The highest BCUT2D eigenvalue weighted by Gasteiger charge is 2.26. The molecule has 0 unspecified atom stereocenters. The van der Waals surface area contributed by atoms with E-state index in [1.54, 1.807) is 7.11 Å². The summed E-state index contributed by atoms with van der Waals surface area (Å²) < 4.78 is 16.7. The van der Waals surface area contributed by atoms with Gasteiger partial charge in [-0.05, 0) is 30.2 Å². The van der Waals surface area contributed by atoms with Crippen LogP contribution in [-0.4, -0.2) is 32.8 Å². The van der Waals surface area contributed by atoms with Crippen LogP contribution in [0.25, 0.3) is 0 Å². The number of carbonyl (C=O) groups excluding carboxylic acids is 1. The number of nitrogens with one attached hydrogen (secondary N) is 1. The van der Waals surface area contributed by atoms with E-state index in [2.05, 4.69) is 11.4 Å². The van der Waals surface area contributed by atoms with Gasteiger partial charge in [0.05, 0.1) is 26.7 Å². The van der Waals surface area contributed by atoms with Crippen molar-refractivity contribution in [3.8, 4) is 17.2 Å². The Labute approximate surface area is 153 Å². The van der Waals surface area contributed by atoms with Crippen molar-refractivity contribution in [1.82, 2.24) is 5.32 Å². The Kier molecular flexibility index (Phi) is 4.69. The first-order chi connectivity index (χ1) is 12.7. The Balaban J connectivity index is 1.37. The molecule has 2 aromatic rings. The van der Waals surface area contributed by atoms with Crippen molar-refractivity contribution in [2.24, 2.45) is 0 Å². The maximum absolute atomic E-state index is 12.2. The van der Waals surface area contributed by atoms with E-state index in [1.807, 2.05) is 24.3 Å². The molecular formula is C21H23NO4. The molecule has 2 aromatic carbocycles. The van der Waals surface area contributed by atoms with Crippen molar-refractivity contribution in [3.05, 3.63) is 52.6 Å². The highest BCUT2D eigenvalue weighted by atomic mass is 16.5. The number of hydrogen-bond acceptors (Lipinski definition) is 4. The lowest BCUT2D eigenvalue weighted by Crippen LogP contribution is -2.27. The number of methoxy groups -OCH3 is 1. The van der Waals surface area contributed by atoms with Gasteiger partial charge in [-0.15, -0.1) is 0 Å². The van der Waals surface area contributed by atoms with Gasteiger partial charge in [0.1, 0.15) is 17.2 Å². The van der Waals surface area contributed by atoms with E-state index in [4.69, 9.17) is 14.2 Å². The molecule has 0 saturated heterocycles. The third kappa shape index (κ3) is 3.34. The van der Waals surface area contributed by atoms with Crippen LogP contribution in [0.1, 0.15) is 22.3 Å². The van der Waals surface area contributed by atoms with Crippen molar-refractivity contribution in [2.45, 2.75) is 25.7 Å². The summed E-state index contributed by atoms with van der Waals surface area (Å²) in [4.78, 5) is 12.2. The molecule has 0 spiro atoms. The molecule has 0 saturated carbocycles. The second kappa shape index (κ2) is 7.28. The van der Waals surface area contributed by atoms with E-state index in [-0.39, 0.29) is 5.91 Å². The van der Waals surface area contributed by atoms with Crippen molar-refractivity contribution in [2.75, 3.05) is 26.9 Å². The molecule has 0 aromatic heterocycles. The van der Waals surface area contributed by atoms with Gasteiger partial charge in [0, 0.05) is 36.1 Å². The molecular weight excluding hydrogens is 330 g/mol. The minimum Gasteiger partial charge on any atom is -0.497 e. The lowest BCUT2D eigenvalue weighted by Gasteiger charge is -2.13. The molecule has 2 heterocycles. The number of amides is 1. The molecule has 0 atom stereocenters. The van der Waals surface area contributed by atoms with Crippen LogP contribution in [0.5, 0.6) is 17.2 Å². The van der Waals surface area contributed by atoms with Gasteiger partial charge >= 0.3 is 0 Å². The summed E-state index contributed by atoms with van der Waals surface area (Å²) in [6.07, 6.45) is 2.99. The molecule has 0 fully saturated rings. The van der Waals surface area contributed by atoms with Gasteiger partial charge in [-0.3, -0.25) is 4.79 Å². The molecule has 0 aliphatic carbocycles. The van der Waals surface area contributed by atoms with Crippen LogP contribution in [0.4, 0.5) is 0 Å². The first-order valence-electron chi connectivity index (χ1n) is 9.07. The second-order valence-electron chi connectivity index (χ2n) is 6.64. The van der Waals surface area contributed by atoms with Crippen LogP contribution in [0, 0.1) is 0 Å². The topological polar surface area (TPSA) is 56.8 Å². The predicted molar refractivity (Wildman–Crippen MR) is 98.3 cm³/mol. The molecule has 2 aliphatic heterocycles. The smallest absolute Gasteiger partial charge is 0.224 e. The third-order valence-electron chi connectivity index (χ3n) is 4.98. The van der Waals surface area contributed by atoms with E-state index in [0.717, 1.165) is 55.3 Å². The van der Waals surface area contributed by atoms with E-state index >= 15 is 0 Å². The number of carbonyl (C=O) groups is 1. The van der Waals surface area contributed by atoms with Gasteiger partial charge in [-0.1, -0.05) is 12.1 Å². The summed E-state index contributed by atoms with van der Waals surface area (Å²) in [5.41, 5.74) is 4.65. The fourth-order valence-electron chi connectivity index (χ4n) is 3.67. The number of fused-ring (bicyclic) bond motifs is 2. The zero-order valence-corrected chi connectivity index (χ0v) is 15.0. The highest BCUT2D eigenvalue weighted by molar-refractivity contribution is 5.78. The van der Waals surface area contributed by atoms with E-state index in [9.17, 15) is 4.79 Å². The molecule has 0 radical (unpaired) electrons. The molecule has 5 heteroatoms. The number of hydrogen-bond donors (Lipinski definition) is 1. The maximum atomic E-state index is 12.2. The van der Waals surface area contributed by atoms with Crippen molar-refractivity contribution in [3.63, 3.8) is 0 Å². The second-order valence-corrected chi connectivity index (χ2v) is 6.64. The average molecular weight is 353 g/mol. The first-order valence-corrected chi connectivity index (χ1v) is 9.07. The van der Waals surface area contributed by atoms with Crippen LogP contribution in [0.3, 0.4) is 0 Å². The highest BCUT2D eigenvalue weighted by Crippen LogP contribution is 2.40. The lowest BCUT2D eigenvalue weighted by atomic mass is 9.97. The summed E-state index contributed by atoms with van der Waals surface area (Å²) in [6, 6.07) is 9.70. The van der Waals surface area contributed by atoms with E-state index in [0.29, 0.717) is 13.0 Å². The molecule has 2 aliphatic rings. The Bertz CT molecular complexity index is 782. The summed E-state index contributed by atoms with van der Waals surface area (Å²) in [6.45, 7) is 2.06. The van der Waals surface area contributed by atoms with Crippen molar-refractivity contribution in [1.29, 1.82) is 0 Å². The van der Waals surface area contributed by atoms with Crippen molar-refractivity contribution >= 4 is 5.91 Å². The predicted octanol–water partition coefficient (Wildman–Crippen LogP) is 2.47. The minimum atomic E-state index is 0.0246. The molecule has 136 valence electrons. The normalized spacial score (nSPS) is 14.2. The molecule has 1 amide bonds. The number of rotatable bonds is 6. The summed E-state index contributed by atoms with van der Waals surface area (Å²) >= 11 is 0. The Morgan fingerprint density at radius 2 is 1.96 bits per heavy atom. The third-order valence-corrected chi connectivity index (χ3v) is 4.98. The SMILES string of the molecule is COc1ccc(CC(=O)NCCc2c3c(cc4c2OCC4)OCC3)cc1. The summed E-state index contributed by atoms with van der Waals surface area (Å²) in [7, 11) is 1.63. The van der Waals surface area contributed by atoms with Crippen LogP contribution in [0.2, 0.25) is 0 Å². The number of ether oxygens (including phenoxy) is 3. The minimum absolute atomic E-state index is 0.0246. The van der Waals surface area contributed by atoms with Gasteiger partial charge in [-0.2, -0.15) is 0 Å². The summed E-state index contributed by atoms with van der Waals surface area (Å²) in [5.74, 6) is 2.83. The largest absolute Gasteiger partial charge is 0.497 e. The molecule has 1 N–H and O–H groups in total. The Hall–Kier alpha value is -2.69. The van der Waals surface area contributed by atoms with Gasteiger partial charge < -0.3 is 19.5 Å². The monoisotopic (exact) mass is 353 g/mol. The fraction of sp³-hybridized carbons (Fsp3) is 0.381. The Morgan fingerprint density at radius 1 is 1.15 bits per heavy atom. The first kappa shape index (κ1) is 16.8. The maximum Gasteiger partial charge on any atom is 0.224 e. The van der Waals surface area contributed by atoms with Crippen LogP contribution in [0.15, 0.2) is 30.3 Å². The molecule has 26 heavy (non-hydrogen) atoms. The average Bonchev–Trinajstić information content (AvgIpc) is 3.30. The molecule has 5 nitrogen and oxygen atoms in total. The standard InChI is InChI=1S/C21H23NO4/c1-24-16-4-2-14(3-5-16)12-20(23)22-9-6-18-17-8-11-25-19(17)13-15-7-10-26-21(15)18/h2-5,13H,6-12H2,1H3,(H,22,23). The number of benzene rings is 2. The quantitative estimate of drug-likeness (QED) is 0.867. The molecule has 4 rings (SSSR count). The van der Waals surface area contributed by atoms with E-state index in [1.165, 1.54) is 16.7 Å². The Morgan fingerprint density at radius 3 is 2.77 bits per heavy atom. The van der Waals surface area contributed by atoms with Gasteiger partial charge in [-0.25, -0.2) is 0 Å². The lowest BCUT2D eigenvalue weighted by molar-refractivity contribution is -0.120. The fourth-order valence-corrected chi connectivity index (χ4v) is 3.67. The van der Waals surface area contributed by atoms with Gasteiger partial charge in [0.15, 0.2) is 0 Å². The zero-order chi connectivity index (χ0) is 17.9. The zero-order valence-electron chi connectivity index (χ0n) is 15.0. The van der Waals surface area contributed by atoms with Gasteiger partial charge in [0.2, 0.25) is 5.91 Å². The molecule has 0 bridgehead atoms.